The predicted octanol–water partition coefficient (Wildman–Crippen LogP) is 5.54. The van der Waals surface area contributed by atoms with Gasteiger partial charge < -0.3 is 30.0 Å². The highest BCUT2D eigenvalue weighted by molar-refractivity contribution is 6.01. The highest BCUT2D eigenvalue weighted by atomic mass is 16.7. The first-order valence-electron chi connectivity index (χ1n) is 12.9. The highest BCUT2D eigenvalue weighted by Crippen LogP contribution is 2.51. The molecule has 1 atom stereocenters. The third-order valence-electron chi connectivity index (χ3n) is 6.75. The van der Waals surface area contributed by atoms with E-state index in [9.17, 15) is 14.4 Å². The minimum atomic E-state index is -0.924. The Morgan fingerprint density at radius 2 is 1.81 bits per heavy atom. The fourth-order valence-electron chi connectivity index (χ4n) is 4.36. The van der Waals surface area contributed by atoms with Gasteiger partial charge in [-0.1, -0.05) is 40.7 Å². The Morgan fingerprint density at radius 1 is 1.11 bits per heavy atom. The first kappa shape index (κ1) is 28.0. The second-order valence-electron chi connectivity index (χ2n) is 10.3. The molecule has 1 saturated carbocycles. The van der Waals surface area contributed by atoms with Crippen molar-refractivity contribution in [2.45, 2.75) is 78.2 Å². The maximum atomic E-state index is 13.1. The van der Waals surface area contributed by atoms with Crippen molar-refractivity contribution in [3.05, 3.63) is 47.5 Å². The summed E-state index contributed by atoms with van der Waals surface area (Å²) in [6, 6.07) is 12.4. The number of fused-ring (bicyclic) bond motifs is 2. The number of amides is 1. The molecule has 0 saturated heterocycles. The molecule has 1 aliphatic carbocycles. The van der Waals surface area contributed by atoms with E-state index >= 15 is 0 Å². The summed E-state index contributed by atoms with van der Waals surface area (Å²) in [7, 11) is 0. The van der Waals surface area contributed by atoms with Crippen LogP contribution >= 0.6 is 0 Å². The topological polar surface area (TPSA) is 114 Å². The second-order valence-corrected chi connectivity index (χ2v) is 10.3. The van der Waals surface area contributed by atoms with E-state index in [1.807, 2.05) is 38.1 Å². The molecule has 2 heterocycles. The Labute approximate surface area is 218 Å². The third kappa shape index (κ3) is 6.61. The van der Waals surface area contributed by atoms with E-state index in [4.69, 9.17) is 14.6 Å². The van der Waals surface area contributed by atoms with Crippen LogP contribution < -0.4 is 20.1 Å². The van der Waals surface area contributed by atoms with Crippen molar-refractivity contribution < 1.29 is 29.0 Å². The lowest BCUT2D eigenvalue weighted by Crippen LogP contribution is -2.31. The number of rotatable bonds is 6. The summed E-state index contributed by atoms with van der Waals surface area (Å²) in [5.74, 6) is 0.615. The van der Waals surface area contributed by atoms with Gasteiger partial charge in [0.15, 0.2) is 11.5 Å². The number of carbonyl (C=O) groups is 3. The van der Waals surface area contributed by atoms with Crippen LogP contribution in [0.25, 0.3) is 0 Å². The van der Waals surface area contributed by atoms with Crippen LogP contribution in [0.3, 0.4) is 0 Å². The van der Waals surface area contributed by atoms with E-state index in [1.54, 1.807) is 0 Å². The van der Waals surface area contributed by atoms with Crippen molar-refractivity contribution in [3.8, 4) is 11.5 Å². The lowest BCUT2D eigenvalue weighted by molar-refractivity contribution is -0.137. The number of benzene rings is 2. The number of hydrogen-bond acceptors (Lipinski definition) is 6. The van der Waals surface area contributed by atoms with Crippen LogP contribution in [0.1, 0.15) is 71.4 Å². The molecule has 1 unspecified atom stereocenters. The summed E-state index contributed by atoms with van der Waals surface area (Å²) >= 11 is 0. The molecule has 3 N–H and O–H groups in total. The monoisotopic (exact) mass is 510 g/mol. The number of hydrogen-bond donors (Lipinski definition) is 3. The summed E-state index contributed by atoms with van der Waals surface area (Å²) in [6.45, 7) is 11.0. The maximum Gasteiger partial charge on any atom is 0.303 e. The van der Waals surface area contributed by atoms with E-state index in [2.05, 4.69) is 43.5 Å². The molecule has 2 aliphatic heterocycles. The molecule has 37 heavy (non-hydrogen) atoms. The van der Waals surface area contributed by atoms with Crippen molar-refractivity contribution in [2.75, 3.05) is 17.4 Å². The van der Waals surface area contributed by atoms with Gasteiger partial charge in [-0.25, -0.2) is 0 Å². The van der Waals surface area contributed by atoms with Crippen molar-refractivity contribution in [1.29, 1.82) is 0 Å². The average molecular weight is 511 g/mol. The molecule has 5 rings (SSSR count). The van der Waals surface area contributed by atoms with Gasteiger partial charge in [-0.3, -0.25) is 9.59 Å². The molecule has 2 aromatic carbocycles. The van der Waals surface area contributed by atoms with Crippen LogP contribution in [0.15, 0.2) is 36.4 Å². The maximum absolute atomic E-state index is 13.1. The van der Waals surface area contributed by atoms with Gasteiger partial charge in [0.25, 0.3) is 0 Å². The van der Waals surface area contributed by atoms with Crippen LogP contribution in [0.4, 0.5) is 11.4 Å². The number of nitrogens with one attached hydrogen (secondary N) is 2. The van der Waals surface area contributed by atoms with Crippen molar-refractivity contribution >= 4 is 29.5 Å². The number of aldehydes is 1. The van der Waals surface area contributed by atoms with E-state index in [1.165, 1.54) is 11.3 Å². The second kappa shape index (κ2) is 11.7. The van der Waals surface area contributed by atoms with E-state index in [-0.39, 0.29) is 31.0 Å². The largest absolute Gasteiger partial charge is 0.481 e. The van der Waals surface area contributed by atoms with E-state index < -0.39 is 11.4 Å². The fraction of sp³-hybridized carbons (Fsp3) is 0.483. The van der Waals surface area contributed by atoms with Crippen LogP contribution in [0.2, 0.25) is 0 Å². The van der Waals surface area contributed by atoms with Gasteiger partial charge in [0.05, 0.1) is 11.8 Å². The summed E-state index contributed by atoms with van der Waals surface area (Å²) in [4.78, 5) is 32.2. The standard InChI is InChI=1S/C23H26N2O3.C4H6O3.C2H6/c1-22(2,3)20-11-14-10-16(5-6-17(14)25-20)24-21(26)23(8-9-23)15-4-7-18-19(12-15)28-13-27-18;5-3-1-2-4(6)7;1-2/h4-7,10,12,20,25H,8-9,11,13H2,1-3H3,(H,24,26);3H,1-2H2,(H,6,7);1-2H3. The zero-order valence-electron chi connectivity index (χ0n) is 22.3. The van der Waals surface area contributed by atoms with Gasteiger partial charge in [0.1, 0.15) is 6.29 Å². The van der Waals surface area contributed by atoms with Gasteiger partial charge in [0.2, 0.25) is 12.7 Å². The molecular weight excluding hydrogens is 472 g/mol. The Bertz CT molecular complexity index is 1130. The molecule has 0 radical (unpaired) electrons. The van der Waals surface area contributed by atoms with Gasteiger partial charge >= 0.3 is 5.97 Å². The lowest BCUT2D eigenvalue weighted by atomic mass is 9.85. The summed E-state index contributed by atoms with van der Waals surface area (Å²) in [6.07, 6.45) is 3.36. The molecule has 200 valence electrons. The summed E-state index contributed by atoms with van der Waals surface area (Å²) in [5.41, 5.74) is 4.06. The van der Waals surface area contributed by atoms with Crippen LogP contribution in [-0.2, 0) is 26.2 Å². The number of carboxylic acids is 1. The fourth-order valence-corrected chi connectivity index (χ4v) is 4.36. The van der Waals surface area contributed by atoms with Crippen molar-refractivity contribution in [2.24, 2.45) is 5.41 Å². The Morgan fingerprint density at radius 3 is 2.41 bits per heavy atom. The van der Waals surface area contributed by atoms with Crippen LogP contribution in [0.5, 0.6) is 11.5 Å². The number of carbonyl (C=O) groups excluding carboxylic acids is 2. The molecule has 3 aliphatic rings. The van der Waals surface area contributed by atoms with Gasteiger partial charge in [-0.2, -0.15) is 0 Å². The number of aliphatic carboxylic acids is 1. The third-order valence-corrected chi connectivity index (χ3v) is 6.75. The Balaban J connectivity index is 0.000000369. The molecule has 0 aromatic heterocycles. The van der Waals surface area contributed by atoms with Gasteiger partial charge in [-0.15, -0.1) is 0 Å². The van der Waals surface area contributed by atoms with Gasteiger partial charge in [-0.05, 0) is 66.1 Å². The van der Waals surface area contributed by atoms with Gasteiger partial charge in [0, 0.05) is 23.8 Å². The smallest absolute Gasteiger partial charge is 0.303 e. The zero-order valence-corrected chi connectivity index (χ0v) is 22.3. The minimum absolute atomic E-state index is 0.0521. The number of anilines is 2. The molecule has 2 aromatic rings. The summed E-state index contributed by atoms with van der Waals surface area (Å²) in [5, 5.41) is 14.6. The van der Waals surface area contributed by atoms with Crippen LogP contribution in [-0.4, -0.2) is 36.1 Å². The van der Waals surface area contributed by atoms with E-state index in [0.29, 0.717) is 12.3 Å². The first-order chi connectivity index (χ1) is 17.6. The predicted molar refractivity (Wildman–Crippen MR) is 143 cm³/mol. The number of carboxylic acid groups (broad SMARTS) is 1. The molecular formula is C29H38N2O6. The zero-order chi connectivity index (χ0) is 27.2. The summed E-state index contributed by atoms with van der Waals surface area (Å²) < 4.78 is 10.9. The van der Waals surface area contributed by atoms with Crippen LogP contribution in [0, 0.1) is 5.41 Å². The normalized spacial score (nSPS) is 17.6. The van der Waals surface area contributed by atoms with Crippen molar-refractivity contribution in [1.82, 2.24) is 0 Å². The average Bonchev–Trinajstić information content (AvgIpc) is 3.34. The highest BCUT2D eigenvalue weighted by Gasteiger charge is 2.51. The van der Waals surface area contributed by atoms with Crippen molar-refractivity contribution in [3.63, 3.8) is 0 Å². The molecule has 0 spiro atoms. The minimum Gasteiger partial charge on any atom is -0.481 e. The molecule has 8 heteroatoms. The first-order valence-corrected chi connectivity index (χ1v) is 12.9. The molecule has 1 fully saturated rings. The SMILES string of the molecule is CC.CC(C)(C)C1Cc2cc(NC(=O)C3(c4ccc5c(c4)OCO5)CC3)ccc2N1.O=CCCC(=O)O. The number of ether oxygens (including phenoxy) is 2. The molecule has 8 nitrogen and oxygen atoms in total. The quantitative estimate of drug-likeness (QED) is 0.437. The Kier molecular flexibility index (Phi) is 8.84. The lowest BCUT2D eigenvalue weighted by Gasteiger charge is -2.27. The molecule has 0 bridgehead atoms. The van der Waals surface area contributed by atoms with E-state index in [0.717, 1.165) is 42.0 Å². The Hall–Kier alpha value is -3.55. The molecule has 1 amide bonds.